The van der Waals surface area contributed by atoms with Crippen molar-refractivity contribution in [2.75, 3.05) is 31.3 Å². The second kappa shape index (κ2) is 13.2. The van der Waals surface area contributed by atoms with Gasteiger partial charge in [0.05, 0.1) is 19.1 Å². The summed E-state index contributed by atoms with van der Waals surface area (Å²) in [6, 6.07) is 18.2. The van der Waals surface area contributed by atoms with Crippen molar-refractivity contribution in [2.45, 2.75) is 25.9 Å². The summed E-state index contributed by atoms with van der Waals surface area (Å²) in [7, 11) is -1.02. The van der Waals surface area contributed by atoms with Gasteiger partial charge in [0, 0.05) is 30.1 Å². The minimum Gasteiger partial charge on any atom is -0.495 e. The number of hydrogen-bond acceptors (Lipinski definition) is 5. The zero-order chi connectivity index (χ0) is 28.7. The molecular weight excluding hydrogens is 561 g/mol. The molecule has 1 N–H and O–H groups in total. The van der Waals surface area contributed by atoms with Crippen LogP contribution in [0.5, 0.6) is 5.75 Å². The van der Waals surface area contributed by atoms with E-state index in [-0.39, 0.29) is 18.7 Å². The quantitative estimate of drug-likeness (QED) is 0.355. The monoisotopic (exact) mass is 591 g/mol. The molecule has 0 aliphatic rings. The van der Waals surface area contributed by atoms with Crippen molar-refractivity contribution in [1.29, 1.82) is 0 Å². The van der Waals surface area contributed by atoms with Crippen LogP contribution < -0.4 is 14.4 Å². The molecule has 0 saturated carbocycles. The highest BCUT2D eigenvalue weighted by Gasteiger charge is 2.33. The number of halogens is 2. The molecule has 1 atom stereocenters. The molecule has 0 fully saturated rings. The van der Waals surface area contributed by atoms with E-state index in [0.29, 0.717) is 21.4 Å². The maximum Gasteiger partial charge on any atom is 0.244 e. The Hall–Kier alpha value is -3.27. The van der Waals surface area contributed by atoms with Gasteiger partial charge >= 0.3 is 0 Å². The van der Waals surface area contributed by atoms with Crippen molar-refractivity contribution in [3.8, 4) is 5.75 Å². The molecule has 0 aromatic heterocycles. The van der Waals surface area contributed by atoms with Crippen molar-refractivity contribution in [3.05, 3.63) is 93.5 Å². The van der Waals surface area contributed by atoms with E-state index in [0.717, 1.165) is 21.7 Å². The topological polar surface area (TPSA) is 96.0 Å². The van der Waals surface area contributed by atoms with Gasteiger partial charge < -0.3 is 15.0 Å². The Morgan fingerprint density at radius 3 is 2.31 bits per heavy atom. The summed E-state index contributed by atoms with van der Waals surface area (Å²) in [4.78, 5) is 28.5. The second-order valence-electron chi connectivity index (χ2n) is 9.02. The van der Waals surface area contributed by atoms with E-state index in [1.165, 1.54) is 19.1 Å². The van der Waals surface area contributed by atoms with Crippen molar-refractivity contribution in [1.82, 2.24) is 10.2 Å². The van der Waals surface area contributed by atoms with E-state index in [1.807, 2.05) is 37.3 Å². The lowest BCUT2D eigenvalue weighted by Crippen LogP contribution is -2.53. The number of nitrogens with one attached hydrogen (secondary N) is 1. The smallest absolute Gasteiger partial charge is 0.244 e. The third kappa shape index (κ3) is 7.88. The van der Waals surface area contributed by atoms with Crippen LogP contribution in [0.4, 0.5) is 5.69 Å². The van der Waals surface area contributed by atoms with Crippen molar-refractivity contribution in [2.24, 2.45) is 0 Å². The molecule has 3 aromatic carbocycles. The van der Waals surface area contributed by atoms with Crippen LogP contribution in [0.3, 0.4) is 0 Å². The highest BCUT2D eigenvalue weighted by Crippen LogP contribution is 2.31. The van der Waals surface area contributed by atoms with Gasteiger partial charge in [0.2, 0.25) is 21.8 Å². The van der Waals surface area contributed by atoms with Crippen LogP contribution in [-0.4, -0.2) is 58.1 Å². The van der Waals surface area contributed by atoms with E-state index >= 15 is 0 Å². The maximum atomic E-state index is 14.0. The van der Waals surface area contributed by atoms with E-state index < -0.39 is 34.4 Å². The minimum absolute atomic E-state index is 0.0533. The molecular formula is C28H31Cl2N3O5S. The summed E-state index contributed by atoms with van der Waals surface area (Å²) in [5.74, 6) is -0.714. The van der Waals surface area contributed by atoms with Gasteiger partial charge in [-0.25, -0.2) is 8.42 Å². The summed E-state index contributed by atoms with van der Waals surface area (Å²) in [6.07, 6.45) is 1.22. The number of methoxy groups -OCH3 is 1. The summed E-state index contributed by atoms with van der Waals surface area (Å²) in [6.45, 7) is 1.19. The molecule has 3 rings (SSSR count). The number of carbonyl (C=O) groups excluding carboxylic acids is 2. The van der Waals surface area contributed by atoms with Gasteiger partial charge in [0.15, 0.2) is 0 Å². The average molecular weight is 593 g/mol. The number of nitrogens with zero attached hydrogens (tertiary/aromatic N) is 2. The molecule has 0 aliphatic carbocycles. The van der Waals surface area contributed by atoms with Gasteiger partial charge in [-0.1, -0.05) is 65.7 Å². The van der Waals surface area contributed by atoms with Crippen molar-refractivity contribution in [3.63, 3.8) is 0 Å². The number of rotatable bonds is 11. The molecule has 0 unspecified atom stereocenters. The van der Waals surface area contributed by atoms with Crippen molar-refractivity contribution >= 4 is 50.7 Å². The van der Waals surface area contributed by atoms with Crippen LogP contribution in [0.15, 0.2) is 66.7 Å². The molecule has 0 bridgehead atoms. The lowest BCUT2D eigenvalue weighted by Gasteiger charge is -2.33. The number of aryl methyl sites for hydroxylation is 1. The van der Waals surface area contributed by atoms with Crippen LogP contribution in [0.1, 0.15) is 16.7 Å². The fraction of sp³-hybridized carbons (Fsp3) is 0.286. The summed E-state index contributed by atoms with van der Waals surface area (Å²) >= 11 is 12.5. The summed E-state index contributed by atoms with van der Waals surface area (Å²) in [5.41, 5.74) is 2.38. The van der Waals surface area contributed by atoms with E-state index in [2.05, 4.69) is 5.32 Å². The van der Waals surface area contributed by atoms with E-state index in [9.17, 15) is 18.0 Å². The Kier molecular flexibility index (Phi) is 10.2. The largest absolute Gasteiger partial charge is 0.495 e. The summed E-state index contributed by atoms with van der Waals surface area (Å²) in [5, 5.41) is 3.37. The number of amides is 2. The predicted octanol–water partition coefficient (Wildman–Crippen LogP) is 4.46. The molecule has 208 valence electrons. The van der Waals surface area contributed by atoms with Crippen LogP contribution >= 0.6 is 23.2 Å². The van der Waals surface area contributed by atoms with Crippen LogP contribution in [-0.2, 0) is 32.6 Å². The van der Waals surface area contributed by atoms with Gasteiger partial charge in [-0.15, -0.1) is 0 Å². The average Bonchev–Trinajstić information content (AvgIpc) is 2.89. The first-order valence-electron chi connectivity index (χ1n) is 12.1. The molecule has 39 heavy (non-hydrogen) atoms. The fourth-order valence-corrected chi connectivity index (χ4v) is 5.46. The lowest BCUT2D eigenvalue weighted by atomic mass is 10.0. The fourth-order valence-electron chi connectivity index (χ4n) is 4.14. The minimum atomic E-state index is -3.93. The number of likely N-dealkylation sites (N-methyl/N-ethyl adjacent to an activating group) is 1. The number of sulfonamides is 1. The molecule has 2 amide bonds. The highest BCUT2D eigenvalue weighted by molar-refractivity contribution is 7.92. The number of hydrogen-bond donors (Lipinski definition) is 1. The Balaban J connectivity index is 2.10. The van der Waals surface area contributed by atoms with Gasteiger partial charge in [0.25, 0.3) is 0 Å². The number of anilines is 1. The SMILES string of the molecule is CNC(=O)[C@@H](Cc1ccccc1)N(Cc1ccc(Cl)cc1Cl)C(=O)CN(c1cc(C)ccc1OC)S(C)(=O)=O. The molecule has 8 nitrogen and oxygen atoms in total. The predicted molar refractivity (Wildman–Crippen MR) is 155 cm³/mol. The molecule has 11 heteroatoms. The zero-order valence-electron chi connectivity index (χ0n) is 22.1. The Morgan fingerprint density at radius 2 is 1.72 bits per heavy atom. The van der Waals surface area contributed by atoms with Crippen LogP contribution in [0, 0.1) is 6.92 Å². The standard InChI is InChI=1S/C28H31Cl2N3O5S/c1-19-10-13-26(38-3)24(14-19)33(39(4,36)37)18-27(34)32(17-21-11-12-22(29)16-23(21)30)25(28(35)31-2)15-20-8-6-5-7-9-20/h5-14,16,25H,15,17-18H2,1-4H3,(H,31,35)/t25-/m1/s1. The van der Waals surface area contributed by atoms with Gasteiger partial charge in [-0.2, -0.15) is 0 Å². The van der Waals surface area contributed by atoms with Gasteiger partial charge in [0.1, 0.15) is 18.3 Å². The second-order valence-corrected chi connectivity index (χ2v) is 11.8. The normalized spacial score (nSPS) is 11.9. The molecule has 3 aromatic rings. The third-order valence-electron chi connectivity index (χ3n) is 6.16. The highest BCUT2D eigenvalue weighted by atomic mass is 35.5. The maximum absolute atomic E-state index is 14.0. The molecule has 0 heterocycles. The van der Waals surface area contributed by atoms with E-state index in [4.69, 9.17) is 27.9 Å². The first-order chi connectivity index (χ1) is 18.4. The number of ether oxygens (including phenoxy) is 1. The van der Waals surface area contributed by atoms with Crippen molar-refractivity contribution < 1.29 is 22.7 Å². The Morgan fingerprint density at radius 1 is 1.03 bits per heavy atom. The molecule has 0 spiro atoms. The molecule has 0 radical (unpaired) electrons. The number of benzene rings is 3. The molecule has 0 saturated heterocycles. The lowest BCUT2D eigenvalue weighted by molar-refractivity contribution is -0.139. The summed E-state index contributed by atoms with van der Waals surface area (Å²) < 4.78 is 32.3. The first kappa shape index (κ1) is 30.3. The van der Waals surface area contributed by atoms with Crippen LogP contribution in [0.25, 0.3) is 0 Å². The first-order valence-corrected chi connectivity index (χ1v) is 14.7. The van der Waals surface area contributed by atoms with Gasteiger partial charge in [-0.05, 0) is 47.9 Å². The molecule has 0 aliphatic heterocycles. The Labute approximate surface area is 239 Å². The van der Waals surface area contributed by atoms with E-state index in [1.54, 1.807) is 36.4 Å². The Bertz CT molecular complexity index is 1430. The third-order valence-corrected chi connectivity index (χ3v) is 7.87. The zero-order valence-corrected chi connectivity index (χ0v) is 24.5. The van der Waals surface area contributed by atoms with Crippen LogP contribution in [0.2, 0.25) is 10.0 Å². The number of carbonyl (C=O) groups is 2. The van der Waals surface area contributed by atoms with Gasteiger partial charge in [-0.3, -0.25) is 13.9 Å².